The van der Waals surface area contributed by atoms with Crippen molar-refractivity contribution in [3.8, 4) is 0 Å². The van der Waals surface area contributed by atoms with Crippen molar-refractivity contribution in [1.29, 1.82) is 0 Å². The summed E-state index contributed by atoms with van der Waals surface area (Å²) in [4.78, 5) is 0. The monoisotopic (exact) mass is 392 g/mol. The molecule has 2 aromatic rings. The molecule has 0 amide bonds. The van der Waals surface area contributed by atoms with Crippen LogP contribution in [0, 0.1) is 23.7 Å². The molecule has 4 aliphatic rings. The summed E-state index contributed by atoms with van der Waals surface area (Å²) in [7, 11) is 0. The lowest BCUT2D eigenvalue weighted by Crippen LogP contribution is -2.34. The minimum atomic E-state index is 0.719. The fourth-order valence-electron chi connectivity index (χ4n) is 8.34. The van der Waals surface area contributed by atoms with Crippen LogP contribution >= 0.6 is 0 Å². The molecule has 0 saturated heterocycles. The predicted octanol–water partition coefficient (Wildman–Crippen LogP) is 7.78. The van der Waals surface area contributed by atoms with Gasteiger partial charge in [-0.2, -0.15) is 0 Å². The first-order chi connectivity index (χ1) is 14.6. The third kappa shape index (κ3) is 2.67. The number of hydrogen-bond donors (Lipinski definition) is 0. The molecule has 8 unspecified atom stereocenters. The Morgan fingerprint density at radius 3 is 1.57 bits per heavy atom. The van der Waals surface area contributed by atoms with Crippen molar-refractivity contribution >= 4 is 18.9 Å². The number of rotatable bonds is 2. The van der Waals surface area contributed by atoms with Gasteiger partial charge in [-0.15, -0.1) is 0 Å². The maximum atomic E-state index is 2.61. The van der Waals surface area contributed by atoms with Gasteiger partial charge in [0.15, 0.2) is 0 Å². The Hall–Kier alpha value is -2.02. The first-order valence-corrected chi connectivity index (χ1v) is 12.2. The average Bonchev–Trinajstić information content (AvgIpc) is 3.29. The maximum absolute atomic E-state index is 2.61. The third-order valence-electron chi connectivity index (χ3n) is 9.38. The minimum absolute atomic E-state index is 0.719. The smallest absolute Gasteiger partial charge is 0.0856 e. The summed E-state index contributed by atoms with van der Waals surface area (Å²) < 4.78 is 0. The van der Waals surface area contributed by atoms with Crippen LogP contribution in [0.15, 0.2) is 60.7 Å². The molecular weight excluding hydrogens is 359 g/mol. The highest BCUT2D eigenvalue weighted by molar-refractivity contribution is 6.61. The topological polar surface area (TPSA) is 0 Å². The minimum Gasteiger partial charge on any atom is -0.0856 e. The molecule has 2 saturated carbocycles. The van der Waals surface area contributed by atoms with Crippen LogP contribution in [0.4, 0.5) is 0 Å². The highest BCUT2D eigenvalue weighted by Crippen LogP contribution is 2.62. The van der Waals surface area contributed by atoms with Crippen molar-refractivity contribution in [2.75, 3.05) is 0 Å². The standard InChI is InChI=1S/C29H33B/c1-18-16-26-22-10-6-4-8-20(22)12-14-24(26)28(18)30(3)29-19(2)17-27-23-11-7-5-9-21(23)13-15-25(27)29/h4-15,18-19,24-29H,16-17H2,1-3H3. The van der Waals surface area contributed by atoms with E-state index >= 15 is 0 Å². The fraction of sp³-hybridized carbons (Fsp3) is 0.448. The normalized spacial score (nSPS) is 38.0. The van der Waals surface area contributed by atoms with E-state index in [9.17, 15) is 0 Å². The van der Waals surface area contributed by atoms with E-state index < -0.39 is 0 Å². The number of benzene rings is 2. The zero-order chi connectivity index (χ0) is 20.4. The fourth-order valence-corrected chi connectivity index (χ4v) is 8.34. The first kappa shape index (κ1) is 18.7. The van der Waals surface area contributed by atoms with Crippen molar-refractivity contribution in [1.82, 2.24) is 0 Å². The Labute approximate surface area is 182 Å². The number of hydrogen-bond acceptors (Lipinski definition) is 0. The Kier molecular flexibility index (Phi) is 4.38. The van der Waals surface area contributed by atoms with Gasteiger partial charge in [0.2, 0.25) is 0 Å². The van der Waals surface area contributed by atoms with Crippen LogP contribution in [0.25, 0.3) is 12.2 Å². The van der Waals surface area contributed by atoms with Crippen LogP contribution in [0.1, 0.15) is 60.8 Å². The summed E-state index contributed by atoms with van der Waals surface area (Å²) in [6, 6.07) is 18.3. The van der Waals surface area contributed by atoms with Crippen molar-refractivity contribution in [2.45, 2.75) is 57.0 Å². The van der Waals surface area contributed by atoms with E-state index in [0.29, 0.717) is 0 Å². The molecule has 152 valence electrons. The van der Waals surface area contributed by atoms with Gasteiger partial charge >= 0.3 is 0 Å². The molecule has 0 heterocycles. The highest BCUT2D eigenvalue weighted by Gasteiger charge is 2.52. The largest absolute Gasteiger partial charge is 0.145 e. The summed E-state index contributed by atoms with van der Waals surface area (Å²) in [5.41, 5.74) is 6.13. The molecular formula is C29H33B. The molecule has 6 rings (SSSR count). The Bertz CT molecular complexity index is 935. The van der Waals surface area contributed by atoms with E-state index in [-0.39, 0.29) is 0 Å². The molecule has 8 atom stereocenters. The molecule has 4 aliphatic carbocycles. The van der Waals surface area contributed by atoms with Crippen LogP contribution < -0.4 is 0 Å². The van der Waals surface area contributed by atoms with Crippen molar-refractivity contribution < 1.29 is 0 Å². The molecule has 2 aromatic carbocycles. The van der Waals surface area contributed by atoms with E-state index in [2.05, 4.69) is 93.5 Å². The third-order valence-corrected chi connectivity index (χ3v) is 9.38. The molecule has 0 spiro atoms. The highest BCUT2D eigenvalue weighted by atomic mass is 14.5. The predicted molar refractivity (Wildman–Crippen MR) is 130 cm³/mol. The van der Waals surface area contributed by atoms with Gasteiger partial charge < -0.3 is 0 Å². The van der Waals surface area contributed by atoms with Gasteiger partial charge in [0.1, 0.15) is 6.71 Å². The molecule has 30 heavy (non-hydrogen) atoms. The van der Waals surface area contributed by atoms with E-state index in [0.717, 1.165) is 53.9 Å². The second-order valence-corrected chi connectivity index (χ2v) is 10.8. The maximum Gasteiger partial charge on any atom is 0.145 e. The van der Waals surface area contributed by atoms with E-state index in [4.69, 9.17) is 0 Å². The van der Waals surface area contributed by atoms with E-state index in [1.54, 1.807) is 11.1 Å². The van der Waals surface area contributed by atoms with E-state index in [1.165, 1.54) is 24.0 Å². The van der Waals surface area contributed by atoms with Gasteiger partial charge in [0, 0.05) is 0 Å². The summed E-state index contributed by atoms with van der Waals surface area (Å²) in [6.07, 6.45) is 12.7. The summed E-state index contributed by atoms with van der Waals surface area (Å²) in [5.74, 6) is 6.10. The second kappa shape index (κ2) is 7.01. The van der Waals surface area contributed by atoms with E-state index in [1.807, 2.05) is 0 Å². The van der Waals surface area contributed by atoms with Crippen LogP contribution in [0.2, 0.25) is 18.5 Å². The van der Waals surface area contributed by atoms with Crippen molar-refractivity contribution in [3.63, 3.8) is 0 Å². The van der Waals surface area contributed by atoms with Gasteiger partial charge in [-0.1, -0.05) is 105 Å². The van der Waals surface area contributed by atoms with Gasteiger partial charge in [-0.05, 0) is 70.6 Å². The number of fused-ring (bicyclic) bond motifs is 6. The van der Waals surface area contributed by atoms with Crippen LogP contribution in [0.3, 0.4) is 0 Å². The van der Waals surface area contributed by atoms with Gasteiger partial charge in [-0.25, -0.2) is 0 Å². The molecule has 0 aromatic heterocycles. The summed E-state index contributed by atoms with van der Waals surface area (Å²) in [6.45, 7) is 8.46. The zero-order valence-corrected chi connectivity index (χ0v) is 18.5. The average molecular weight is 392 g/mol. The first-order valence-electron chi connectivity index (χ1n) is 12.2. The Morgan fingerprint density at radius 2 is 1.10 bits per heavy atom. The van der Waals surface area contributed by atoms with Crippen LogP contribution in [0.5, 0.6) is 0 Å². The molecule has 0 aliphatic heterocycles. The Morgan fingerprint density at radius 1 is 0.667 bits per heavy atom. The number of allylic oxidation sites excluding steroid dienone is 2. The van der Waals surface area contributed by atoms with Gasteiger partial charge in [0.05, 0.1) is 0 Å². The summed E-state index contributed by atoms with van der Waals surface area (Å²) in [5, 5.41) is 0. The lowest BCUT2D eigenvalue weighted by Gasteiger charge is -2.37. The molecule has 1 heteroatoms. The molecule has 0 N–H and O–H groups in total. The molecule has 0 radical (unpaired) electrons. The Balaban J connectivity index is 1.32. The lowest BCUT2D eigenvalue weighted by atomic mass is 9.29. The van der Waals surface area contributed by atoms with Crippen LogP contribution in [-0.4, -0.2) is 6.71 Å². The van der Waals surface area contributed by atoms with Gasteiger partial charge in [0.25, 0.3) is 0 Å². The lowest BCUT2D eigenvalue weighted by molar-refractivity contribution is 0.513. The molecule has 0 bridgehead atoms. The zero-order valence-electron chi connectivity index (χ0n) is 18.5. The quantitative estimate of drug-likeness (QED) is 0.458. The molecule has 0 nitrogen and oxygen atoms in total. The molecule has 2 fully saturated rings. The van der Waals surface area contributed by atoms with Crippen LogP contribution in [-0.2, 0) is 0 Å². The SMILES string of the molecule is CB(C1C(C)CC2c3ccccc3C=CC21)C1C(C)CC2c3ccccc3C=CC21. The second-order valence-electron chi connectivity index (χ2n) is 10.8. The van der Waals surface area contributed by atoms with Gasteiger partial charge in [-0.3, -0.25) is 0 Å². The van der Waals surface area contributed by atoms with Crippen molar-refractivity contribution in [2.24, 2.45) is 23.7 Å². The van der Waals surface area contributed by atoms with Crippen molar-refractivity contribution in [3.05, 3.63) is 82.9 Å². The summed E-state index contributed by atoms with van der Waals surface area (Å²) >= 11 is 0.